The second kappa shape index (κ2) is 7.67. The van der Waals surface area contributed by atoms with Crippen molar-refractivity contribution in [2.24, 2.45) is 0 Å². The van der Waals surface area contributed by atoms with Gasteiger partial charge >= 0.3 is 5.97 Å². The Morgan fingerprint density at radius 2 is 1.90 bits per heavy atom. The van der Waals surface area contributed by atoms with Gasteiger partial charge in [-0.2, -0.15) is 0 Å². The normalized spacial score (nSPS) is 14.6. The van der Waals surface area contributed by atoms with Crippen LogP contribution in [0.25, 0.3) is 0 Å². The molecule has 0 fully saturated rings. The standard InChI is InChI=1S/C13H19NO5S2/c1-10(20(2)17)7-8-14-21(18,19)12-5-3-11(4-6-12)9-13(15)16/h3-6,10,14H,7-9H2,1-2H3,(H,15,16). The molecule has 0 saturated heterocycles. The minimum atomic E-state index is -3.62. The summed E-state index contributed by atoms with van der Waals surface area (Å²) < 4.78 is 37.7. The summed E-state index contributed by atoms with van der Waals surface area (Å²) >= 11 is 0. The number of benzene rings is 1. The number of carboxylic acid groups (broad SMARTS) is 1. The van der Waals surface area contributed by atoms with Crippen LogP contribution in [0.5, 0.6) is 0 Å². The molecule has 6 nitrogen and oxygen atoms in total. The summed E-state index contributed by atoms with van der Waals surface area (Å²) in [6.07, 6.45) is 1.92. The van der Waals surface area contributed by atoms with Gasteiger partial charge in [0.2, 0.25) is 10.0 Å². The highest BCUT2D eigenvalue weighted by atomic mass is 32.2. The molecule has 21 heavy (non-hydrogen) atoms. The van der Waals surface area contributed by atoms with Crippen LogP contribution in [0.1, 0.15) is 18.9 Å². The Balaban J connectivity index is 2.66. The first-order valence-electron chi connectivity index (χ1n) is 6.35. The summed E-state index contributed by atoms with van der Waals surface area (Å²) in [4.78, 5) is 10.6. The van der Waals surface area contributed by atoms with Gasteiger partial charge in [0.25, 0.3) is 0 Å². The van der Waals surface area contributed by atoms with E-state index in [0.717, 1.165) is 0 Å². The maximum Gasteiger partial charge on any atom is 0.307 e. The first-order chi connectivity index (χ1) is 9.72. The molecular formula is C13H19NO5S2. The largest absolute Gasteiger partial charge is 0.481 e. The third kappa shape index (κ3) is 5.94. The van der Waals surface area contributed by atoms with Gasteiger partial charge in [-0.25, -0.2) is 13.1 Å². The van der Waals surface area contributed by atoms with E-state index in [9.17, 15) is 17.4 Å². The summed E-state index contributed by atoms with van der Waals surface area (Å²) in [5.74, 6) is -0.967. The van der Waals surface area contributed by atoms with E-state index in [1.165, 1.54) is 24.3 Å². The summed E-state index contributed by atoms with van der Waals surface area (Å²) in [6, 6.07) is 5.71. The van der Waals surface area contributed by atoms with Crippen LogP contribution in [-0.4, -0.2) is 41.8 Å². The van der Waals surface area contributed by atoms with Crippen LogP contribution in [0.2, 0.25) is 0 Å². The van der Waals surface area contributed by atoms with E-state index in [4.69, 9.17) is 5.11 Å². The first kappa shape index (κ1) is 17.8. The van der Waals surface area contributed by atoms with E-state index in [-0.39, 0.29) is 23.1 Å². The summed E-state index contributed by atoms with van der Waals surface area (Å²) in [7, 11) is -4.61. The van der Waals surface area contributed by atoms with Gasteiger partial charge in [-0.1, -0.05) is 19.1 Å². The predicted octanol–water partition coefficient (Wildman–Crippen LogP) is 0.749. The Kier molecular flexibility index (Phi) is 6.50. The quantitative estimate of drug-likeness (QED) is 0.731. The Labute approximate surface area is 127 Å². The third-order valence-electron chi connectivity index (χ3n) is 3.00. The van der Waals surface area contributed by atoms with E-state index in [1.807, 2.05) is 0 Å². The average molecular weight is 333 g/mol. The number of nitrogens with one attached hydrogen (secondary N) is 1. The molecule has 0 aliphatic rings. The molecule has 0 bridgehead atoms. The van der Waals surface area contributed by atoms with Crippen LogP contribution < -0.4 is 4.72 Å². The highest BCUT2D eigenvalue weighted by Crippen LogP contribution is 2.11. The fourth-order valence-corrected chi connectivity index (χ4v) is 3.10. The van der Waals surface area contributed by atoms with Gasteiger partial charge in [0.05, 0.1) is 11.3 Å². The molecule has 0 aliphatic heterocycles. The van der Waals surface area contributed by atoms with Crippen molar-refractivity contribution in [3.05, 3.63) is 29.8 Å². The molecule has 0 aromatic heterocycles. The summed E-state index contributed by atoms with van der Waals surface area (Å²) in [6.45, 7) is 2.01. The number of hydrogen-bond donors (Lipinski definition) is 2. The molecule has 1 aromatic carbocycles. The zero-order chi connectivity index (χ0) is 16.0. The predicted molar refractivity (Wildman–Crippen MR) is 81.1 cm³/mol. The number of rotatable bonds is 8. The molecule has 1 aromatic rings. The van der Waals surface area contributed by atoms with E-state index in [0.29, 0.717) is 12.0 Å². The fraction of sp³-hybridized carbons (Fsp3) is 0.462. The topological polar surface area (TPSA) is 101 Å². The highest BCUT2D eigenvalue weighted by molar-refractivity contribution is 7.89. The van der Waals surface area contributed by atoms with E-state index >= 15 is 0 Å². The molecule has 118 valence electrons. The number of aliphatic carboxylic acids is 1. The lowest BCUT2D eigenvalue weighted by Crippen LogP contribution is -2.27. The lowest BCUT2D eigenvalue weighted by molar-refractivity contribution is -0.136. The van der Waals surface area contributed by atoms with Crippen LogP contribution in [0.15, 0.2) is 29.2 Å². The van der Waals surface area contributed by atoms with E-state index < -0.39 is 26.8 Å². The highest BCUT2D eigenvalue weighted by Gasteiger charge is 2.15. The summed E-state index contributed by atoms with van der Waals surface area (Å²) in [5.41, 5.74) is 0.538. The molecule has 0 aliphatic carbocycles. The molecule has 0 heterocycles. The zero-order valence-corrected chi connectivity index (χ0v) is 13.5. The molecule has 0 radical (unpaired) electrons. The van der Waals surface area contributed by atoms with Gasteiger partial charge in [0.1, 0.15) is 0 Å². The molecule has 1 rings (SSSR count). The van der Waals surface area contributed by atoms with Gasteiger partial charge in [0, 0.05) is 28.9 Å². The second-order valence-electron chi connectivity index (χ2n) is 4.71. The second-order valence-corrected chi connectivity index (χ2v) is 8.28. The zero-order valence-electron chi connectivity index (χ0n) is 11.9. The minimum Gasteiger partial charge on any atom is -0.481 e. The lowest BCUT2D eigenvalue weighted by atomic mass is 10.2. The van der Waals surface area contributed by atoms with Gasteiger partial charge < -0.3 is 5.11 Å². The van der Waals surface area contributed by atoms with Gasteiger partial charge in [-0.3, -0.25) is 9.00 Å². The molecule has 8 heteroatoms. The maximum absolute atomic E-state index is 12.0. The number of carbonyl (C=O) groups is 1. The molecule has 2 atom stereocenters. The number of carboxylic acids is 1. The van der Waals surface area contributed by atoms with Crippen molar-refractivity contribution in [1.82, 2.24) is 4.72 Å². The monoisotopic (exact) mass is 333 g/mol. The first-order valence-corrected chi connectivity index (χ1v) is 9.45. The van der Waals surface area contributed by atoms with E-state index in [2.05, 4.69) is 4.72 Å². The van der Waals surface area contributed by atoms with Crippen LogP contribution in [0.4, 0.5) is 0 Å². The number of hydrogen-bond acceptors (Lipinski definition) is 4. The third-order valence-corrected chi connectivity index (χ3v) is 5.84. The maximum atomic E-state index is 12.0. The van der Waals surface area contributed by atoms with Crippen molar-refractivity contribution < 1.29 is 22.5 Å². The van der Waals surface area contributed by atoms with Crippen LogP contribution in [0, 0.1) is 0 Å². The van der Waals surface area contributed by atoms with E-state index in [1.54, 1.807) is 13.2 Å². The Bertz CT molecular complexity index is 610. The minimum absolute atomic E-state index is 0.0781. The van der Waals surface area contributed by atoms with Crippen molar-refractivity contribution in [1.29, 1.82) is 0 Å². The molecule has 2 N–H and O–H groups in total. The van der Waals surface area contributed by atoms with Gasteiger partial charge in [-0.15, -0.1) is 0 Å². The Hall–Kier alpha value is -1.25. The van der Waals surface area contributed by atoms with Gasteiger partial charge in [0.15, 0.2) is 0 Å². The van der Waals surface area contributed by atoms with Crippen LogP contribution in [-0.2, 0) is 32.0 Å². The van der Waals surface area contributed by atoms with Crippen LogP contribution in [0.3, 0.4) is 0 Å². The Morgan fingerprint density at radius 1 is 1.33 bits per heavy atom. The van der Waals surface area contributed by atoms with Crippen molar-refractivity contribution >= 4 is 26.8 Å². The van der Waals surface area contributed by atoms with Crippen molar-refractivity contribution in [3.8, 4) is 0 Å². The lowest BCUT2D eigenvalue weighted by Gasteiger charge is -2.10. The molecule has 0 spiro atoms. The number of sulfonamides is 1. The molecule has 0 saturated carbocycles. The molecule has 2 unspecified atom stereocenters. The van der Waals surface area contributed by atoms with Crippen molar-refractivity contribution in [2.75, 3.05) is 12.8 Å². The van der Waals surface area contributed by atoms with Crippen LogP contribution >= 0.6 is 0 Å². The smallest absolute Gasteiger partial charge is 0.307 e. The molecule has 0 amide bonds. The molecular weight excluding hydrogens is 314 g/mol. The van der Waals surface area contributed by atoms with Crippen molar-refractivity contribution in [3.63, 3.8) is 0 Å². The average Bonchev–Trinajstić information content (AvgIpc) is 2.38. The summed E-state index contributed by atoms with van der Waals surface area (Å²) in [5, 5.41) is 8.58. The fourth-order valence-electron chi connectivity index (χ4n) is 1.61. The van der Waals surface area contributed by atoms with Gasteiger partial charge in [-0.05, 0) is 24.1 Å². The SMILES string of the molecule is CC(CCNS(=O)(=O)c1ccc(CC(=O)O)cc1)S(C)=O. The van der Waals surface area contributed by atoms with Crippen molar-refractivity contribution in [2.45, 2.75) is 29.9 Å². The Morgan fingerprint density at radius 3 is 2.38 bits per heavy atom.